The average Bonchev–Trinajstić information content (AvgIpc) is 2.93. The van der Waals surface area contributed by atoms with E-state index in [9.17, 15) is 4.79 Å². The van der Waals surface area contributed by atoms with Crippen molar-refractivity contribution < 1.29 is 14.3 Å². The molecule has 19 heavy (non-hydrogen) atoms. The molecule has 0 amide bonds. The third-order valence-corrected chi connectivity index (χ3v) is 4.04. The van der Waals surface area contributed by atoms with Crippen LogP contribution in [0.25, 0.3) is 0 Å². The highest BCUT2D eigenvalue weighted by atomic mass is 16.6. The molecular weight excluding hydrogens is 240 g/mol. The third-order valence-electron chi connectivity index (χ3n) is 4.04. The number of carbonyl (C=O) groups is 1. The van der Waals surface area contributed by atoms with Crippen molar-refractivity contribution in [2.75, 3.05) is 6.61 Å². The minimum absolute atomic E-state index is 0.0228. The van der Waals surface area contributed by atoms with Gasteiger partial charge in [0.15, 0.2) is 0 Å². The Kier molecular flexibility index (Phi) is 3.38. The smallest absolute Gasteiger partial charge is 0.309 e. The third kappa shape index (κ3) is 2.43. The van der Waals surface area contributed by atoms with Gasteiger partial charge in [0.2, 0.25) is 0 Å². The Morgan fingerprint density at radius 1 is 1.21 bits per heavy atom. The maximum Gasteiger partial charge on any atom is 0.309 e. The summed E-state index contributed by atoms with van der Waals surface area (Å²) in [6.45, 7) is 3.21. The fourth-order valence-corrected chi connectivity index (χ4v) is 2.98. The highest BCUT2D eigenvalue weighted by Gasteiger charge is 2.47. The van der Waals surface area contributed by atoms with Crippen molar-refractivity contribution in [3.05, 3.63) is 48.0 Å². The van der Waals surface area contributed by atoms with E-state index in [0.717, 1.165) is 0 Å². The van der Waals surface area contributed by atoms with E-state index in [0.29, 0.717) is 13.2 Å². The minimum atomic E-state index is -0.0765. The van der Waals surface area contributed by atoms with E-state index in [1.54, 1.807) is 0 Å². The van der Waals surface area contributed by atoms with E-state index >= 15 is 0 Å². The van der Waals surface area contributed by atoms with Crippen LogP contribution in [0.15, 0.2) is 42.5 Å². The Bertz CT molecular complexity index is 480. The molecule has 3 nitrogen and oxygen atoms in total. The lowest BCUT2D eigenvalue weighted by molar-refractivity contribution is -0.142. The highest BCUT2D eigenvalue weighted by Crippen LogP contribution is 2.40. The molecule has 1 saturated heterocycles. The van der Waals surface area contributed by atoms with Gasteiger partial charge in [-0.3, -0.25) is 4.79 Å². The largest absolute Gasteiger partial charge is 0.458 e. The monoisotopic (exact) mass is 258 g/mol. The van der Waals surface area contributed by atoms with Crippen LogP contribution in [-0.4, -0.2) is 18.7 Å². The first-order chi connectivity index (χ1) is 9.25. The average molecular weight is 258 g/mol. The Balaban J connectivity index is 1.54. The van der Waals surface area contributed by atoms with Gasteiger partial charge in [-0.15, -0.1) is 0 Å². The molecule has 0 bridgehead atoms. The Morgan fingerprint density at radius 2 is 2.00 bits per heavy atom. The molecular formula is C16H18O3. The molecule has 0 saturated carbocycles. The Morgan fingerprint density at radius 3 is 2.79 bits per heavy atom. The second-order valence-electron chi connectivity index (χ2n) is 5.32. The fraction of sp³-hybridized carbons (Fsp3) is 0.438. The summed E-state index contributed by atoms with van der Waals surface area (Å²) in [5, 5.41) is 0. The predicted molar refractivity (Wildman–Crippen MR) is 71.3 cm³/mol. The summed E-state index contributed by atoms with van der Waals surface area (Å²) in [5.41, 5.74) is 1.17. The molecule has 100 valence electrons. The van der Waals surface area contributed by atoms with E-state index in [4.69, 9.17) is 9.47 Å². The van der Waals surface area contributed by atoms with Crippen molar-refractivity contribution in [3.8, 4) is 0 Å². The van der Waals surface area contributed by atoms with Crippen LogP contribution >= 0.6 is 0 Å². The van der Waals surface area contributed by atoms with Gasteiger partial charge in [0.05, 0.1) is 19.1 Å². The molecule has 0 aromatic heterocycles. The second-order valence-corrected chi connectivity index (χ2v) is 5.32. The van der Waals surface area contributed by atoms with Crippen molar-refractivity contribution in [1.29, 1.82) is 0 Å². The first-order valence-electron chi connectivity index (χ1n) is 6.76. The second kappa shape index (κ2) is 5.17. The number of esters is 1. The molecule has 1 aromatic carbocycles. The van der Waals surface area contributed by atoms with E-state index in [1.807, 2.05) is 31.2 Å². The van der Waals surface area contributed by atoms with Gasteiger partial charge in [-0.1, -0.05) is 43.3 Å². The number of carbonyl (C=O) groups excluding carboxylic acids is 1. The van der Waals surface area contributed by atoms with E-state index in [-0.39, 0.29) is 29.8 Å². The number of rotatable bonds is 4. The van der Waals surface area contributed by atoms with Crippen molar-refractivity contribution in [3.63, 3.8) is 0 Å². The predicted octanol–water partition coefficient (Wildman–Crippen LogP) is 2.57. The standard InChI is InChI=1S/C16H18O3/c1-11-15-13(7-8-14(15)19-16(11)17)10-18-9-12-5-3-2-4-6-12/h2-8,11,13-15H,9-10H2,1H3/t11?,13-,14?,15?/m0/s1. The van der Waals surface area contributed by atoms with Gasteiger partial charge in [-0.2, -0.15) is 0 Å². The molecule has 2 aliphatic rings. The summed E-state index contributed by atoms with van der Waals surface area (Å²) in [5.74, 6) is 0.441. The van der Waals surface area contributed by atoms with Crippen LogP contribution in [0.3, 0.4) is 0 Å². The summed E-state index contributed by atoms with van der Waals surface area (Å²) < 4.78 is 11.1. The van der Waals surface area contributed by atoms with Crippen molar-refractivity contribution in [2.24, 2.45) is 17.8 Å². The fourth-order valence-electron chi connectivity index (χ4n) is 2.98. The molecule has 3 rings (SSSR count). The number of benzene rings is 1. The van der Waals surface area contributed by atoms with Crippen LogP contribution in [0.2, 0.25) is 0 Å². The molecule has 1 heterocycles. The SMILES string of the molecule is CC1C(=O)OC2C=C[C@@H](COCc3ccccc3)C21. The molecule has 0 N–H and O–H groups in total. The number of ether oxygens (including phenoxy) is 2. The molecule has 1 aliphatic carbocycles. The van der Waals surface area contributed by atoms with E-state index in [2.05, 4.69) is 18.2 Å². The maximum absolute atomic E-state index is 11.5. The quantitative estimate of drug-likeness (QED) is 0.615. The van der Waals surface area contributed by atoms with Crippen LogP contribution in [-0.2, 0) is 20.9 Å². The summed E-state index contributed by atoms with van der Waals surface area (Å²) >= 11 is 0. The lowest BCUT2D eigenvalue weighted by atomic mass is 9.85. The molecule has 0 spiro atoms. The van der Waals surface area contributed by atoms with Crippen LogP contribution in [0.1, 0.15) is 12.5 Å². The number of fused-ring (bicyclic) bond motifs is 1. The summed E-state index contributed by atoms with van der Waals surface area (Å²) in [6, 6.07) is 10.1. The van der Waals surface area contributed by atoms with Gasteiger partial charge in [0.1, 0.15) is 6.10 Å². The van der Waals surface area contributed by atoms with Crippen LogP contribution < -0.4 is 0 Å². The van der Waals surface area contributed by atoms with Gasteiger partial charge in [-0.25, -0.2) is 0 Å². The molecule has 4 atom stereocenters. The first-order valence-corrected chi connectivity index (χ1v) is 6.76. The maximum atomic E-state index is 11.5. The van der Waals surface area contributed by atoms with Crippen molar-refractivity contribution in [2.45, 2.75) is 19.6 Å². The topological polar surface area (TPSA) is 35.5 Å². The van der Waals surface area contributed by atoms with E-state index in [1.165, 1.54) is 5.56 Å². The van der Waals surface area contributed by atoms with Gasteiger partial charge in [0.25, 0.3) is 0 Å². The summed E-state index contributed by atoms with van der Waals surface area (Å²) in [7, 11) is 0. The normalized spacial score (nSPS) is 32.4. The Hall–Kier alpha value is -1.61. The lowest BCUT2D eigenvalue weighted by Crippen LogP contribution is -2.24. The van der Waals surface area contributed by atoms with Gasteiger partial charge in [0, 0.05) is 11.8 Å². The summed E-state index contributed by atoms with van der Waals surface area (Å²) in [6.07, 6.45) is 4.10. The molecule has 1 fully saturated rings. The molecule has 1 aliphatic heterocycles. The van der Waals surface area contributed by atoms with E-state index < -0.39 is 0 Å². The van der Waals surface area contributed by atoms with Crippen molar-refractivity contribution >= 4 is 5.97 Å². The lowest BCUT2D eigenvalue weighted by Gasteiger charge is -2.19. The van der Waals surface area contributed by atoms with Crippen molar-refractivity contribution in [1.82, 2.24) is 0 Å². The summed E-state index contributed by atoms with van der Waals surface area (Å²) in [4.78, 5) is 11.5. The van der Waals surface area contributed by atoms with Crippen LogP contribution in [0, 0.1) is 17.8 Å². The number of hydrogen-bond donors (Lipinski definition) is 0. The zero-order chi connectivity index (χ0) is 13.2. The van der Waals surface area contributed by atoms with Gasteiger partial charge >= 0.3 is 5.97 Å². The minimum Gasteiger partial charge on any atom is -0.458 e. The van der Waals surface area contributed by atoms with Gasteiger partial charge in [-0.05, 0) is 11.6 Å². The molecule has 3 heteroatoms. The molecule has 1 aromatic rings. The zero-order valence-corrected chi connectivity index (χ0v) is 11.0. The van der Waals surface area contributed by atoms with Crippen LogP contribution in [0.4, 0.5) is 0 Å². The van der Waals surface area contributed by atoms with Gasteiger partial charge < -0.3 is 9.47 Å². The number of hydrogen-bond acceptors (Lipinski definition) is 3. The first kappa shape index (κ1) is 12.4. The zero-order valence-electron chi connectivity index (χ0n) is 11.0. The molecule has 0 radical (unpaired) electrons. The highest BCUT2D eigenvalue weighted by molar-refractivity contribution is 5.75. The van der Waals surface area contributed by atoms with Crippen LogP contribution in [0.5, 0.6) is 0 Å². The molecule has 3 unspecified atom stereocenters. The Labute approximate surface area is 113 Å².